The van der Waals surface area contributed by atoms with E-state index in [1.54, 1.807) is 6.08 Å². The van der Waals surface area contributed by atoms with E-state index in [9.17, 15) is 4.79 Å². The molecule has 0 aliphatic carbocycles. The van der Waals surface area contributed by atoms with Gasteiger partial charge in [-0.3, -0.25) is 10.1 Å². The number of benzene rings is 2. The molecule has 0 spiro atoms. The van der Waals surface area contributed by atoms with Crippen LogP contribution in [0.5, 0.6) is 5.75 Å². The predicted octanol–water partition coefficient (Wildman–Crippen LogP) is 4.78. The van der Waals surface area contributed by atoms with Crippen LogP contribution in [-0.2, 0) is 4.79 Å². The Morgan fingerprint density at radius 3 is 2.66 bits per heavy atom. The van der Waals surface area contributed by atoms with Crippen molar-refractivity contribution in [3.8, 4) is 5.75 Å². The van der Waals surface area contributed by atoms with E-state index in [1.165, 1.54) is 11.8 Å². The molecule has 0 bridgehead atoms. The van der Waals surface area contributed by atoms with E-state index >= 15 is 0 Å². The first-order chi connectivity index (χ1) is 14.0. The summed E-state index contributed by atoms with van der Waals surface area (Å²) in [6.07, 6.45) is 1.76. The lowest BCUT2D eigenvalue weighted by Crippen LogP contribution is -2.21. The number of thiocarbonyl (C=S) groups is 1. The maximum Gasteiger partial charge on any atom is 0.273 e. The van der Waals surface area contributed by atoms with Gasteiger partial charge in [0.25, 0.3) is 5.91 Å². The summed E-state index contributed by atoms with van der Waals surface area (Å²) in [5, 5.41) is 8.11. The van der Waals surface area contributed by atoms with E-state index in [0.29, 0.717) is 22.4 Å². The summed E-state index contributed by atoms with van der Waals surface area (Å²) in [6, 6.07) is 15.3. The van der Waals surface area contributed by atoms with Gasteiger partial charge < -0.3 is 10.1 Å². The fraction of sp³-hybridized carbons (Fsp3) is 0.0952. The molecule has 29 heavy (non-hydrogen) atoms. The zero-order valence-electron chi connectivity index (χ0n) is 15.4. The molecule has 0 atom stereocenters. The van der Waals surface area contributed by atoms with Gasteiger partial charge in [-0.05, 0) is 73.7 Å². The van der Waals surface area contributed by atoms with Gasteiger partial charge in [-0.2, -0.15) is 0 Å². The van der Waals surface area contributed by atoms with Crippen LogP contribution in [0.4, 0.5) is 0 Å². The number of carbonyl (C=O) groups excluding carboxylic acids is 1. The molecule has 2 heterocycles. The Bertz CT molecular complexity index is 1150. The molecule has 1 fully saturated rings. The second kappa shape index (κ2) is 8.41. The van der Waals surface area contributed by atoms with Crippen LogP contribution in [0.25, 0.3) is 17.0 Å². The van der Waals surface area contributed by atoms with Crippen molar-refractivity contribution in [3.63, 3.8) is 0 Å². The fourth-order valence-corrected chi connectivity index (χ4v) is 4.05. The lowest BCUT2D eigenvalue weighted by atomic mass is 10.1. The second-order valence-corrected chi connectivity index (χ2v) is 8.10. The number of nitrogens with one attached hydrogen (secondary N) is 2. The minimum atomic E-state index is -0.263. The van der Waals surface area contributed by atoms with Gasteiger partial charge in [0.2, 0.25) is 0 Å². The highest BCUT2D eigenvalue weighted by molar-refractivity contribution is 7.99. The van der Waals surface area contributed by atoms with Gasteiger partial charge in [0.15, 0.2) is 5.11 Å². The number of halogens is 1. The van der Waals surface area contributed by atoms with Gasteiger partial charge in [-0.25, -0.2) is 4.98 Å². The summed E-state index contributed by atoms with van der Waals surface area (Å²) in [5.74, 6) is 0.511. The molecule has 1 aromatic heterocycles. The standard InChI is InChI=1S/C21H16ClN3O2S2/c1-2-27-15-5-8-17-12(10-15)9-13(11-18-19(26)25-21(28)24-18)20(23-17)29-16-6-3-14(22)4-7-16/h3-11H,2H2,1H3,(H2,24,25,26,28). The number of fused-ring (bicyclic) bond motifs is 1. The molecule has 0 radical (unpaired) electrons. The summed E-state index contributed by atoms with van der Waals surface area (Å²) < 4.78 is 5.60. The highest BCUT2D eigenvalue weighted by Crippen LogP contribution is 2.34. The third kappa shape index (κ3) is 4.53. The van der Waals surface area contributed by atoms with Gasteiger partial charge in [0.05, 0.1) is 12.1 Å². The van der Waals surface area contributed by atoms with Gasteiger partial charge in [-0.1, -0.05) is 23.4 Å². The zero-order valence-corrected chi connectivity index (χ0v) is 17.8. The van der Waals surface area contributed by atoms with E-state index in [0.717, 1.165) is 32.1 Å². The van der Waals surface area contributed by atoms with Gasteiger partial charge in [-0.15, -0.1) is 0 Å². The maximum atomic E-state index is 12.1. The highest BCUT2D eigenvalue weighted by atomic mass is 35.5. The molecule has 1 amide bonds. The van der Waals surface area contributed by atoms with Crippen LogP contribution in [0.15, 0.2) is 64.1 Å². The summed E-state index contributed by atoms with van der Waals surface area (Å²) in [6.45, 7) is 2.53. The number of hydrogen-bond donors (Lipinski definition) is 2. The zero-order chi connectivity index (χ0) is 20.4. The monoisotopic (exact) mass is 441 g/mol. The summed E-state index contributed by atoms with van der Waals surface area (Å²) in [4.78, 5) is 17.9. The van der Waals surface area contributed by atoms with E-state index in [-0.39, 0.29) is 5.91 Å². The third-order valence-electron chi connectivity index (χ3n) is 4.14. The number of aromatic nitrogens is 1. The topological polar surface area (TPSA) is 63.2 Å². The maximum absolute atomic E-state index is 12.1. The van der Waals surface area contributed by atoms with Crippen molar-refractivity contribution >= 4 is 63.6 Å². The molecule has 1 saturated heterocycles. The molecular weight excluding hydrogens is 426 g/mol. The molecule has 4 rings (SSSR count). The molecule has 1 aliphatic rings. The molecule has 2 aromatic carbocycles. The lowest BCUT2D eigenvalue weighted by molar-refractivity contribution is -0.115. The highest BCUT2D eigenvalue weighted by Gasteiger charge is 2.21. The summed E-state index contributed by atoms with van der Waals surface area (Å²) in [5.41, 5.74) is 2.02. The van der Waals surface area contributed by atoms with Gasteiger partial charge >= 0.3 is 0 Å². The average Bonchev–Trinajstić information content (AvgIpc) is 3.01. The molecule has 2 N–H and O–H groups in total. The molecule has 0 saturated carbocycles. The van der Waals surface area contributed by atoms with E-state index in [1.807, 2.05) is 55.5 Å². The van der Waals surface area contributed by atoms with Crippen LogP contribution < -0.4 is 15.4 Å². The van der Waals surface area contributed by atoms with Crippen LogP contribution in [0.2, 0.25) is 5.02 Å². The number of amides is 1. The van der Waals surface area contributed by atoms with E-state index in [4.69, 9.17) is 33.5 Å². The van der Waals surface area contributed by atoms with Crippen LogP contribution in [0.3, 0.4) is 0 Å². The van der Waals surface area contributed by atoms with Crippen LogP contribution in [-0.4, -0.2) is 22.6 Å². The smallest absolute Gasteiger partial charge is 0.273 e. The molecule has 5 nitrogen and oxygen atoms in total. The summed E-state index contributed by atoms with van der Waals surface area (Å²) >= 11 is 12.5. The van der Waals surface area contributed by atoms with Crippen molar-refractivity contribution in [1.29, 1.82) is 0 Å². The fourth-order valence-electron chi connectivity index (χ4n) is 2.85. The Kier molecular flexibility index (Phi) is 5.71. The Morgan fingerprint density at radius 2 is 1.97 bits per heavy atom. The minimum absolute atomic E-state index is 0.263. The largest absolute Gasteiger partial charge is 0.494 e. The van der Waals surface area contributed by atoms with Crippen molar-refractivity contribution in [2.45, 2.75) is 16.8 Å². The normalized spacial score (nSPS) is 14.9. The van der Waals surface area contributed by atoms with Crippen molar-refractivity contribution in [3.05, 3.63) is 64.8 Å². The number of pyridine rings is 1. The SMILES string of the molecule is CCOc1ccc2nc(Sc3ccc(Cl)cc3)c(C=C3NC(=S)NC3=O)cc2c1. The lowest BCUT2D eigenvalue weighted by Gasteiger charge is -2.10. The van der Waals surface area contributed by atoms with Crippen molar-refractivity contribution in [1.82, 2.24) is 15.6 Å². The van der Waals surface area contributed by atoms with E-state index in [2.05, 4.69) is 10.6 Å². The number of hydrogen-bond acceptors (Lipinski definition) is 5. The number of carbonyl (C=O) groups is 1. The molecule has 146 valence electrons. The Hall–Kier alpha value is -2.61. The number of nitrogens with zero attached hydrogens (tertiary/aromatic N) is 1. The molecular formula is C21H16ClN3O2S2. The Balaban J connectivity index is 1.81. The first kappa shape index (κ1) is 19.7. The number of rotatable bonds is 5. The third-order valence-corrected chi connectivity index (χ3v) is 5.62. The van der Waals surface area contributed by atoms with Gasteiger partial charge in [0.1, 0.15) is 16.5 Å². The van der Waals surface area contributed by atoms with E-state index < -0.39 is 0 Å². The molecule has 3 aromatic rings. The second-order valence-electron chi connectivity index (χ2n) is 6.19. The molecule has 0 unspecified atom stereocenters. The Labute approximate surface area is 182 Å². The quantitative estimate of drug-likeness (QED) is 0.438. The minimum Gasteiger partial charge on any atom is -0.494 e. The summed E-state index contributed by atoms with van der Waals surface area (Å²) in [7, 11) is 0. The Morgan fingerprint density at radius 1 is 1.17 bits per heavy atom. The van der Waals surface area contributed by atoms with Crippen molar-refractivity contribution in [2.75, 3.05) is 6.61 Å². The predicted molar refractivity (Wildman–Crippen MR) is 120 cm³/mol. The van der Waals surface area contributed by atoms with Crippen molar-refractivity contribution in [2.24, 2.45) is 0 Å². The molecule has 1 aliphatic heterocycles. The first-order valence-electron chi connectivity index (χ1n) is 8.87. The van der Waals surface area contributed by atoms with Crippen molar-refractivity contribution < 1.29 is 9.53 Å². The first-order valence-corrected chi connectivity index (χ1v) is 10.5. The van der Waals surface area contributed by atoms with Crippen LogP contribution >= 0.6 is 35.6 Å². The van der Waals surface area contributed by atoms with Gasteiger partial charge in [0, 0.05) is 20.9 Å². The number of ether oxygens (including phenoxy) is 1. The average molecular weight is 442 g/mol. The van der Waals surface area contributed by atoms with Crippen LogP contribution in [0, 0.1) is 0 Å². The van der Waals surface area contributed by atoms with Crippen LogP contribution in [0.1, 0.15) is 12.5 Å². The molecule has 8 heteroatoms.